The third-order valence-corrected chi connectivity index (χ3v) is 6.44. The number of rotatable bonds is 6. The number of aryl methyl sites for hydroxylation is 1. The zero-order chi connectivity index (χ0) is 23.8. The highest BCUT2D eigenvalue weighted by Crippen LogP contribution is 2.36. The molecule has 0 aliphatic carbocycles. The van der Waals surface area contributed by atoms with Crippen LogP contribution in [-0.4, -0.2) is 40.4 Å². The van der Waals surface area contributed by atoms with Crippen molar-refractivity contribution in [3.8, 4) is 17.4 Å². The van der Waals surface area contributed by atoms with Crippen LogP contribution in [0.3, 0.4) is 0 Å². The first-order valence-corrected chi connectivity index (χ1v) is 11.1. The lowest BCUT2D eigenvalue weighted by molar-refractivity contribution is 0.382. The number of ether oxygens (including phenoxy) is 2. The van der Waals surface area contributed by atoms with E-state index in [1.165, 1.54) is 4.57 Å². The van der Waals surface area contributed by atoms with Gasteiger partial charge >= 0.3 is 5.69 Å². The summed E-state index contributed by atoms with van der Waals surface area (Å²) in [7, 11) is 3.22. The molecule has 1 aliphatic heterocycles. The monoisotopic (exact) mass is 462 g/mol. The fourth-order valence-corrected chi connectivity index (χ4v) is 4.66. The van der Waals surface area contributed by atoms with E-state index in [0.29, 0.717) is 13.0 Å². The van der Waals surface area contributed by atoms with Crippen LogP contribution in [0.1, 0.15) is 28.4 Å². The molecule has 0 amide bonds. The molecule has 0 fully saturated rings. The molecule has 176 valence electrons. The molecule has 34 heavy (non-hydrogen) atoms. The summed E-state index contributed by atoms with van der Waals surface area (Å²) < 4.78 is 11.8. The van der Waals surface area contributed by atoms with E-state index in [9.17, 15) is 14.7 Å². The third kappa shape index (κ3) is 3.73. The average Bonchev–Trinajstić information content (AvgIpc) is 3.22. The lowest BCUT2D eigenvalue weighted by Crippen LogP contribution is -2.39. The Morgan fingerprint density at radius 3 is 2.50 bits per heavy atom. The summed E-state index contributed by atoms with van der Waals surface area (Å²) in [5.41, 5.74) is 2.63. The molecule has 0 spiro atoms. The van der Waals surface area contributed by atoms with Crippen molar-refractivity contribution in [2.45, 2.75) is 25.4 Å². The molecule has 2 aromatic heterocycles. The Hall–Kier alpha value is -3.98. The summed E-state index contributed by atoms with van der Waals surface area (Å²) in [6.45, 7) is 0.829. The van der Waals surface area contributed by atoms with E-state index in [1.807, 2.05) is 42.5 Å². The van der Waals surface area contributed by atoms with E-state index >= 15 is 0 Å². The van der Waals surface area contributed by atoms with Gasteiger partial charge in [-0.3, -0.25) is 14.3 Å². The van der Waals surface area contributed by atoms with E-state index in [4.69, 9.17) is 9.47 Å². The van der Waals surface area contributed by atoms with Gasteiger partial charge in [0.1, 0.15) is 17.1 Å². The Kier molecular flexibility index (Phi) is 5.62. The van der Waals surface area contributed by atoms with Crippen LogP contribution in [0.15, 0.2) is 52.1 Å². The zero-order valence-electron chi connectivity index (χ0n) is 19.0. The van der Waals surface area contributed by atoms with Crippen molar-refractivity contribution in [3.63, 3.8) is 0 Å². The number of aromatic hydroxyl groups is 1. The molecule has 0 saturated heterocycles. The second kappa shape index (κ2) is 8.75. The van der Waals surface area contributed by atoms with Crippen molar-refractivity contribution in [1.82, 2.24) is 19.9 Å². The zero-order valence-corrected chi connectivity index (χ0v) is 19.0. The highest BCUT2D eigenvalue weighted by Gasteiger charge is 2.31. The van der Waals surface area contributed by atoms with Crippen LogP contribution in [0, 0.1) is 0 Å². The molecule has 0 radical (unpaired) electrons. The number of hydrogen-bond donors (Lipinski definition) is 4. The molecule has 9 heteroatoms. The van der Waals surface area contributed by atoms with Crippen molar-refractivity contribution >= 4 is 10.9 Å². The SMILES string of the molecule is COc1ccc(CCn2c(O)c([C@H]3NCCc4c3[nH]c3ccc(OC)cc43)c(=O)[nH]c2=O)cc1. The van der Waals surface area contributed by atoms with Gasteiger partial charge in [0, 0.05) is 29.7 Å². The van der Waals surface area contributed by atoms with Crippen LogP contribution < -0.4 is 26.0 Å². The summed E-state index contributed by atoms with van der Waals surface area (Å²) in [5.74, 6) is 1.16. The van der Waals surface area contributed by atoms with E-state index < -0.39 is 17.3 Å². The molecule has 9 nitrogen and oxygen atoms in total. The van der Waals surface area contributed by atoms with Gasteiger partial charge in [0.05, 0.1) is 20.3 Å². The van der Waals surface area contributed by atoms with Crippen LogP contribution >= 0.6 is 0 Å². The number of aromatic nitrogens is 3. The van der Waals surface area contributed by atoms with Gasteiger partial charge in [-0.05, 0) is 54.3 Å². The highest BCUT2D eigenvalue weighted by molar-refractivity contribution is 5.86. The summed E-state index contributed by atoms with van der Waals surface area (Å²) in [6.07, 6.45) is 1.26. The maximum Gasteiger partial charge on any atom is 0.331 e. The van der Waals surface area contributed by atoms with E-state index in [1.54, 1.807) is 14.2 Å². The summed E-state index contributed by atoms with van der Waals surface area (Å²) in [5, 5.41) is 15.4. The minimum atomic E-state index is -0.642. The van der Waals surface area contributed by atoms with Crippen molar-refractivity contribution in [2.24, 2.45) is 0 Å². The largest absolute Gasteiger partial charge is 0.497 e. The van der Waals surface area contributed by atoms with Crippen LogP contribution in [0.5, 0.6) is 17.4 Å². The summed E-state index contributed by atoms with van der Waals surface area (Å²) in [4.78, 5) is 31.2. The third-order valence-electron chi connectivity index (χ3n) is 6.44. The Labute approximate surface area is 195 Å². The molecule has 0 bridgehead atoms. The lowest BCUT2D eigenvalue weighted by Gasteiger charge is -2.25. The van der Waals surface area contributed by atoms with Crippen molar-refractivity contribution in [1.29, 1.82) is 0 Å². The van der Waals surface area contributed by atoms with Crippen LogP contribution in [-0.2, 0) is 19.4 Å². The number of nitrogens with one attached hydrogen (secondary N) is 3. The normalized spacial score (nSPS) is 15.3. The number of hydrogen-bond acceptors (Lipinski definition) is 6. The number of methoxy groups -OCH3 is 2. The molecular weight excluding hydrogens is 436 g/mol. The smallest absolute Gasteiger partial charge is 0.331 e. The Morgan fingerprint density at radius 1 is 1.03 bits per heavy atom. The topological polar surface area (TPSA) is 121 Å². The summed E-state index contributed by atoms with van der Waals surface area (Å²) in [6, 6.07) is 12.7. The van der Waals surface area contributed by atoms with Gasteiger partial charge in [-0.25, -0.2) is 4.79 Å². The second-order valence-corrected chi connectivity index (χ2v) is 8.31. The van der Waals surface area contributed by atoms with Gasteiger partial charge in [-0.1, -0.05) is 12.1 Å². The Bertz CT molecular complexity index is 1470. The molecule has 3 heterocycles. The molecule has 5 rings (SSSR count). The maximum atomic E-state index is 12.9. The van der Waals surface area contributed by atoms with Crippen LogP contribution in [0.4, 0.5) is 0 Å². The molecule has 0 saturated carbocycles. The molecule has 1 atom stereocenters. The second-order valence-electron chi connectivity index (χ2n) is 8.31. The van der Waals surface area contributed by atoms with Crippen molar-refractivity contribution in [3.05, 3.63) is 85.7 Å². The number of nitrogens with zero attached hydrogens (tertiary/aromatic N) is 1. The quantitative estimate of drug-likeness (QED) is 0.349. The Balaban J connectivity index is 1.53. The highest BCUT2D eigenvalue weighted by atomic mass is 16.5. The van der Waals surface area contributed by atoms with Gasteiger partial charge in [0.2, 0.25) is 5.88 Å². The van der Waals surface area contributed by atoms with Crippen molar-refractivity contribution < 1.29 is 14.6 Å². The first kappa shape index (κ1) is 21.8. The van der Waals surface area contributed by atoms with E-state index in [2.05, 4.69) is 15.3 Å². The van der Waals surface area contributed by atoms with Crippen LogP contribution in [0.25, 0.3) is 10.9 Å². The van der Waals surface area contributed by atoms with E-state index in [0.717, 1.165) is 45.6 Å². The first-order chi connectivity index (χ1) is 16.5. The number of aromatic amines is 2. The predicted molar refractivity (Wildman–Crippen MR) is 128 cm³/mol. The van der Waals surface area contributed by atoms with E-state index in [-0.39, 0.29) is 18.0 Å². The molecular formula is C25H26N4O5. The van der Waals surface area contributed by atoms with Crippen molar-refractivity contribution in [2.75, 3.05) is 20.8 Å². The number of benzene rings is 2. The fraction of sp³-hybridized carbons (Fsp3) is 0.280. The molecule has 4 aromatic rings. The van der Waals surface area contributed by atoms with Gasteiger partial charge in [-0.2, -0.15) is 0 Å². The molecule has 0 unspecified atom stereocenters. The standard InChI is InChI=1S/C25H26N4O5/c1-33-15-5-3-14(4-6-15)10-12-29-24(31)20(23(30)28-25(29)32)22-21-17(9-11-26-22)18-13-16(34-2)7-8-19(18)27-21/h3-8,13,22,26-27,31H,9-12H2,1-2H3,(H,28,30,32)/t22-/m1/s1. The minimum absolute atomic E-state index is 0.119. The van der Waals surface area contributed by atoms with Gasteiger partial charge in [0.15, 0.2) is 0 Å². The van der Waals surface area contributed by atoms with Crippen LogP contribution in [0.2, 0.25) is 0 Å². The first-order valence-electron chi connectivity index (χ1n) is 11.1. The summed E-state index contributed by atoms with van der Waals surface area (Å²) >= 11 is 0. The average molecular weight is 463 g/mol. The number of H-pyrrole nitrogens is 2. The maximum absolute atomic E-state index is 12.9. The van der Waals surface area contributed by atoms with Gasteiger partial charge in [-0.15, -0.1) is 0 Å². The predicted octanol–water partition coefficient (Wildman–Crippen LogP) is 2.22. The Morgan fingerprint density at radius 2 is 1.76 bits per heavy atom. The molecule has 2 aromatic carbocycles. The minimum Gasteiger partial charge on any atom is -0.497 e. The van der Waals surface area contributed by atoms with Gasteiger partial charge < -0.3 is 24.9 Å². The molecule has 4 N–H and O–H groups in total. The number of fused-ring (bicyclic) bond motifs is 3. The fourth-order valence-electron chi connectivity index (χ4n) is 4.66. The lowest BCUT2D eigenvalue weighted by atomic mass is 9.95. The van der Waals surface area contributed by atoms with Gasteiger partial charge in [0.25, 0.3) is 5.56 Å². The molecule has 1 aliphatic rings.